The molecule has 1 atom stereocenters. The van der Waals surface area contributed by atoms with Crippen molar-refractivity contribution in [2.45, 2.75) is 13.0 Å². The van der Waals surface area contributed by atoms with Gasteiger partial charge in [-0.3, -0.25) is 4.79 Å². The Morgan fingerprint density at radius 2 is 2.20 bits per heavy atom. The summed E-state index contributed by atoms with van der Waals surface area (Å²) in [5, 5.41) is 2.72. The quantitative estimate of drug-likeness (QED) is 0.748. The molecule has 0 bridgehead atoms. The maximum Gasteiger partial charge on any atom is 0.250 e. The van der Waals surface area contributed by atoms with Crippen molar-refractivity contribution < 1.29 is 9.53 Å². The average molecular weight is 205 g/mol. The summed E-state index contributed by atoms with van der Waals surface area (Å²) in [6.07, 6.45) is 1.54. The van der Waals surface area contributed by atoms with Gasteiger partial charge < -0.3 is 10.1 Å². The minimum Gasteiger partial charge on any atom is -0.365 e. The monoisotopic (exact) mass is 205 g/mol. The van der Waals surface area contributed by atoms with Crippen LogP contribution in [-0.2, 0) is 9.53 Å². The first-order valence-corrected chi connectivity index (χ1v) is 4.81. The third-order valence-electron chi connectivity index (χ3n) is 1.87. The molecule has 1 aromatic carbocycles. The fourth-order valence-corrected chi connectivity index (χ4v) is 0.994. The molecule has 0 aliphatic carbocycles. The summed E-state index contributed by atoms with van der Waals surface area (Å²) < 4.78 is 5.20. The summed E-state index contributed by atoms with van der Waals surface area (Å²) in [6, 6.07) is 9.28. The van der Waals surface area contributed by atoms with Crippen LogP contribution >= 0.6 is 0 Å². The lowest BCUT2D eigenvalue weighted by molar-refractivity contribution is -0.121. The highest BCUT2D eigenvalue weighted by molar-refractivity contribution is 5.91. The smallest absolute Gasteiger partial charge is 0.250 e. The largest absolute Gasteiger partial charge is 0.365 e. The molecule has 3 heteroatoms. The van der Waals surface area contributed by atoms with Crippen LogP contribution in [0.1, 0.15) is 6.92 Å². The second kappa shape index (κ2) is 5.98. The maximum atomic E-state index is 11.4. The van der Waals surface area contributed by atoms with Crippen LogP contribution in [0.3, 0.4) is 0 Å². The highest BCUT2D eigenvalue weighted by Gasteiger charge is 2.03. The summed E-state index contributed by atoms with van der Waals surface area (Å²) in [5.41, 5.74) is 0.775. The number of ether oxygens (including phenoxy) is 1. The number of carbonyl (C=O) groups excluding carboxylic acids is 1. The molecule has 80 valence electrons. The van der Waals surface area contributed by atoms with Crippen LogP contribution in [0.5, 0.6) is 0 Å². The van der Waals surface area contributed by atoms with Gasteiger partial charge in [-0.15, -0.1) is 6.58 Å². The Morgan fingerprint density at radius 3 is 2.80 bits per heavy atom. The third-order valence-corrected chi connectivity index (χ3v) is 1.87. The molecule has 1 aromatic rings. The first kappa shape index (κ1) is 11.5. The topological polar surface area (TPSA) is 38.3 Å². The van der Waals surface area contributed by atoms with Gasteiger partial charge in [0.1, 0.15) is 6.61 Å². The van der Waals surface area contributed by atoms with Gasteiger partial charge in [-0.1, -0.05) is 24.3 Å². The van der Waals surface area contributed by atoms with Gasteiger partial charge in [-0.2, -0.15) is 0 Å². The van der Waals surface area contributed by atoms with E-state index in [1.807, 2.05) is 37.3 Å². The van der Waals surface area contributed by atoms with Crippen molar-refractivity contribution in [1.29, 1.82) is 0 Å². The zero-order valence-electron chi connectivity index (χ0n) is 8.77. The summed E-state index contributed by atoms with van der Waals surface area (Å²) in [5.74, 6) is -0.157. The Balaban J connectivity index is 2.34. The molecule has 0 fully saturated rings. The van der Waals surface area contributed by atoms with Crippen LogP contribution in [0.15, 0.2) is 43.0 Å². The van der Waals surface area contributed by atoms with Gasteiger partial charge in [-0.25, -0.2) is 0 Å². The Hall–Kier alpha value is -1.61. The number of benzene rings is 1. The van der Waals surface area contributed by atoms with E-state index in [1.165, 1.54) is 0 Å². The summed E-state index contributed by atoms with van der Waals surface area (Å²) in [4.78, 5) is 11.4. The number of rotatable bonds is 5. The number of hydrogen-bond donors (Lipinski definition) is 1. The first-order chi connectivity index (χ1) is 7.22. The van der Waals surface area contributed by atoms with Crippen LogP contribution in [0.2, 0.25) is 0 Å². The molecule has 1 rings (SSSR count). The van der Waals surface area contributed by atoms with Gasteiger partial charge in [0.15, 0.2) is 0 Å². The lowest BCUT2D eigenvalue weighted by atomic mass is 10.3. The first-order valence-electron chi connectivity index (χ1n) is 4.81. The molecule has 1 amide bonds. The van der Waals surface area contributed by atoms with Crippen molar-refractivity contribution in [3.05, 3.63) is 43.0 Å². The van der Waals surface area contributed by atoms with Crippen LogP contribution in [0, 0.1) is 0 Å². The van der Waals surface area contributed by atoms with Gasteiger partial charge in [-0.05, 0) is 19.1 Å². The molecule has 0 aromatic heterocycles. The van der Waals surface area contributed by atoms with Gasteiger partial charge in [0, 0.05) is 5.69 Å². The molecule has 1 unspecified atom stereocenters. The lowest BCUT2D eigenvalue weighted by Crippen LogP contribution is -2.20. The van der Waals surface area contributed by atoms with Crippen molar-refractivity contribution in [2.75, 3.05) is 11.9 Å². The zero-order chi connectivity index (χ0) is 11.1. The van der Waals surface area contributed by atoms with Crippen molar-refractivity contribution in [3.63, 3.8) is 0 Å². The van der Waals surface area contributed by atoms with Crippen molar-refractivity contribution in [2.24, 2.45) is 0 Å². The van der Waals surface area contributed by atoms with E-state index in [9.17, 15) is 4.79 Å². The Morgan fingerprint density at radius 1 is 1.53 bits per heavy atom. The second-order valence-corrected chi connectivity index (χ2v) is 3.17. The Kier molecular flexibility index (Phi) is 4.57. The minimum atomic E-state index is -0.157. The fourth-order valence-electron chi connectivity index (χ4n) is 0.994. The molecule has 0 aliphatic rings. The van der Waals surface area contributed by atoms with E-state index in [0.717, 1.165) is 5.69 Å². The van der Waals surface area contributed by atoms with Crippen LogP contribution < -0.4 is 5.32 Å². The van der Waals surface area contributed by atoms with Crippen LogP contribution in [0.25, 0.3) is 0 Å². The Bertz CT molecular complexity index is 322. The lowest BCUT2D eigenvalue weighted by Gasteiger charge is -2.08. The van der Waals surface area contributed by atoms with E-state index in [4.69, 9.17) is 4.74 Å². The van der Waals surface area contributed by atoms with E-state index in [-0.39, 0.29) is 18.6 Å². The second-order valence-electron chi connectivity index (χ2n) is 3.17. The molecule has 0 saturated carbocycles. The van der Waals surface area contributed by atoms with Crippen LogP contribution in [-0.4, -0.2) is 18.6 Å². The van der Waals surface area contributed by atoms with Gasteiger partial charge >= 0.3 is 0 Å². The number of carbonyl (C=O) groups is 1. The normalized spacial score (nSPS) is 11.8. The van der Waals surface area contributed by atoms with E-state index in [0.29, 0.717) is 0 Å². The maximum absolute atomic E-state index is 11.4. The van der Waals surface area contributed by atoms with Crippen molar-refractivity contribution in [3.8, 4) is 0 Å². The van der Waals surface area contributed by atoms with Crippen molar-refractivity contribution >= 4 is 11.6 Å². The van der Waals surface area contributed by atoms with E-state index >= 15 is 0 Å². The fraction of sp³-hybridized carbons (Fsp3) is 0.250. The number of amides is 1. The molecular formula is C12H15NO2. The summed E-state index contributed by atoms with van der Waals surface area (Å²) in [6.45, 7) is 5.45. The van der Waals surface area contributed by atoms with E-state index in [2.05, 4.69) is 11.9 Å². The molecular weight excluding hydrogens is 190 g/mol. The highest BCUT2D eigenvalue weighted by Crippen LogP contribution is 2.04. The van der Waals surface area contributed by atoms with E-state index < -0.39 is 0 Å². The van der Waals surface area contributed by atoms with Crippen molar-refractivity contribution in [1.82, 2.24) is 0 Å². The summed E-state index contributed by atoms with van der Waals surface area (Å²) >= 11 is 0. The molecule has 15 heavy (non-hydrogen) atoms. The number of para-hydroxylation sites is 1. The van der Waals surface area contributed by atoms with Gasteiger partial charge in [0.2, 0.25) is 5.91 Å². The SMILES string of the molecule is C=CC(C)OCC(=O)Nc1ccccc1. The number of hydrogen-bond acceptors (Lipinski definition) is 2. The average Bonchev–Trinajstić information content (AvgIpc) is 2.27. The molecule has 1 N–H and O–H groups in total. The van der Waals surface area contributed by atoms with Gasteiger partial charge in [0.25, 0.3) is 0 Å². The molecule has 0 heterocycles. The van der Waals surface area contributed by atoms with Crippen LogP contribution in [0.4, 0.5) is 5.69 Å². The van der Waals surface area contributed by atoms with E-state index in [1.54, 1.807) is 6.08 Å². The highest BCUT2D eigenvalue weighted by atomic mass is 16.5. The summed E-state index contributed by atoms with van der Waals surface area (Å²) in [7, 11) is 0. The van der Waals surface area contributed by atoms with Gasteiger partial charge in [0.05, 0.1) is 6.10 Å². The molecule has 0 radical (unpaired) electrons. The molecule has 0 aliphatic heterocycles. The molecule has 3 nitrogen and oxygen atoms in total. The zero-order valence-corrected chi connectivity index (χ0v) is 8.77. The number of nitrogens with one attached hydrogen (secondary N) is 1. The minimum absolute atomic E-state index is 0.0437. The predicted molar refractivity (Wildman–Crippen MR) is 60.7 cm³/mol. The molecule has 0 saturated heterocycles. The Labute approximate surface area is 89.8 Å². The molecule has 0 spiro atoms. The standard InChI is InChI=1S/C12H15NO2/c1-3-10(2)15-9-12(14)13-11-7-5-4-6-8-11/h3-8,10H,1,9H2,2H3,(H,13,14). The number of anilines is 1. The predicted octanol–water partition coefficient (Wildman–Crippen LogP) is 2.22. The third kappa shape index (κ3) is 4.42.